The fraction of sp³-hybridized carbons (Fsp3) is 0.583. The van der Waals surface area contributed by atoms with Gasteiger partial charge in [0.15, 0.2) is 0 Å². The summed E-state index contributed by atoms with van der Waals surface area (Å²) in [6.07, 6.45) is 3.53. The first-order valence-electron chi connectivity index (χ1n) is 6.08. The summed E-state index contributed by atoms with van der Waals surface area (Å²) >= 11 is 0. The van der Waals surface area contributed by atoms with E-state index >= 15 is 0 Å². The first-order valence-corrected chi connectivity index (χ1v) is 6.08. The largest absolute Gasteiger partial charge is 0.481 e. The number of amides is 3. The number of carbonyl (C=O) groups is 3. The third kappa shape index (κ3) is 4.27. The molecule has 1 aliphatic carbocycles. The van der Waals surface area contributed by atoms with Gasteiger partial charge in [-0.25, -0.2) is 4.79 Å². The van der Waals surface area contributed by atoms with Gasteiger partial charge >= 0.3 is 12.0 Å². The molecule has 1 aliphatic rings. The van der Waals surface area contributed by atoms with E-state index in [1.54, 1.807) is 26.0 Å². The molecule has 0 aromatic rings. The molecule has 3 atom stereocenters. The number of primary amides is 1. The fourth-order valence-corrected chi connectivity index (χ4v) is 1.95. The van der Waals surface area contributed by atoms with Crippen molar-refractivity contribution in [1.82, 2.24) is 10.6 Å². The highest BCUT2D eigenvalue weighted by molar-refractivity contribution is 5.87. The zero-order valence-corrected chi connectivity index (χ0v) is 10.9. The highest BCUT2D eigenvalue weighted by Gasteiger charge is 2.29. The van der Waals surface area contributed by atoms with Crippen LogP contribution in [0.2, 0.25) is 0 Å². The molecule has 0 saturated carbocycles. The Balaban J connectivity index is 2.56. The van der Waals surface area contributed by atoms with E-state index in [4.69, 9.17) is 10.8 Å². The molecule has 1 rings (SSSR count). The molecule has 7 nitrogen and oxygen atoms in total. The third-order valence-electron chi connectivity index (χ3n) is 2.98. The van der Waals surface area contributed by atoms with Gasteiger partial charge < -0.3 is 21.5 Å². The maximum absolute atomic E-state index is 12.0. The summed E-state index contributed by atoms with van der Waals surface area (Å²) in [6, 6.07) is -1.82. The van der Waals surface area contributed by atoms with Crippen LogP contribution in [0.4, 0.5) is 4.79 Å². The molecule has 0 heterocycles. The molecule has 3 unspecified atom stereocenters. The number of nitrogens with one attached hydrogen (secondary N) is 2. The summed E-state index contributed by atoms with van der Waals surface area (Å²) < 4.78 is 0. The highest BCUT2D eigenvalue weighted by Crippen LogP contribution is 2.18. The van der Waals surface area contributed by atoms with Gasteiger partial charge in [-0.2, -0.15) is 0 Å². The molecule has 0 spiro atoms. The number of carboxylic acid groups (broad SMARTS) is 1. The minimum absolute atomic E-state index is 0.117. The first-order chi connectivity index (χ1) is 8.81. The third-order valence-corrected chi connectivity index (χ3v) is 2.98. The van der Waals surface area contributed by atoms with Gasteiger partial charge in [0.25, 0.3) is 0 Å². The van der Waals surface area contributed by atoms with Crippen molar-refractivity contribution in [3.63, 3.8) is 0 Å². The standard InChI is InChI=1S/C12H19N3O4/c1-6(2)9(15-12(13)19)10(16)14-8-4-3-7(5-8)11(17)18/h3-4,6-9H,5H2,1-2H3,(H,14,16)(H,17,18)(H3,13,15,19). The Bertz CT molecular complexity index is 406. The Morgan fingerprint density at radius 3 is 2.37 bits per heavy atom. The number of carboxylic acids is 1. The van der Waals surface area contributed by atoms with E-state index in [1.807, 2.05) is 0 Å². The van der Waals surface area contributed by atoms with Crippen LogP contribution in [0.5, 0.6) is 0 Å². The summed E-state index contributed by atoms with van der Waals surface area (Å²) in [7, 11) is 0. The molecule has 0 aromatic heterocycles. The maximum atomic E-state index is 12.0. The van der Waals surface area contributed by atoms with Crippen molar-refractivity contribution in [2.45, 2.75) is 32.4 Å². The number of hydrogen-bond acceptors (Lipinski definition) is 3. The summed E-state index contributed by atoms with van der Waals surface area (Å²) in [5.74, 6) is -1.97. The van der Waals surface area contributed by atoms with E-state index in [1.165, 1.54) is 0 Å². The molecular weight excluding hydrogens is 250 g/mol. The van der Waals surface area contributed by atoms with Gasteiger partial charge in [-0.1, -0.05) is 26.0 Å². The zero-order chi connectivity index (χ0) is 14.6. The predicted octanol–water partition coefficient (Wildman–Crippen LogP) is -0.175. The normalized spacial score (nSPS) is 23.1. The molecular formula is C12H19N3O4. The first kappa shape index (κ1) is 15.0. The van der Waals surface area contributed by atoms with E-state index in [-0.39, 0.29) is 17.9 Å². The van der Waals surface area contributed by atoms with Gasteiger partial charge in [-0.3, -0.25) is 9.59 Å². The van der Waals surface area contributed by atoms with E-state index < -0.39 is 24.0 Å². The zero-order valence-electron chi connectivity index (χ0n) is 10.9. The molecule has 0 bridgehead atoms. The lowest BCUT2D eigenvalue weighted by atomic mass is 10.0. The lowest BCUT2D eigenvalue weighted by Gasteiger charge is -2.22. The molecule has 0 saturated heterocycles. The lowest BCUT2D eigenvalue weighted by molar-refractivity contribution is -0.140. The van der Waals surface area contributed by atoms with Crippen LogP contribution in [0.15, 0.2) is 12.2 Å². The average Bonchev–Trinajstić information content (AvgIpc) is 2.73. The van der Waals surface area contributed by atoms with Crippen molar-refractivity contribution in [3.05, 3.63) is 12.2 Å². The second-order valence-electron chi connectivity index (χ2n) is 4.91. The SMILES string of the molecule is CC(C)C(NC(N)=O)C(=O)NC1C=CC(C(=O)O)C1. The van der Waals surface area contributed by atoms with Crippen molar-refractivity contribution >= 4 is 17.9 Å². The molecule has 7 heteroatoms. The van der Waals surface area contributed by atoms with Crippen LogP contribution < -0.4 is 16.4 Å². The molecule has 0 aliphatic heterocycles. The van der Waals surface area contributed by atoms with Crippen LogP contribution in [0.1, 0.15) is 20.3 Å². The Morgan fingerprint density at radius 1 is 1.32 bits per heavy atom. The van der Waals surface area contributed by atoms with Crippen LogP contribution in [-0.4, -0.2) is 35.1 Å². The van der Waals surface area contributed by atoms with Gasteiger partial charge in [0.2, 0.25) is 5.91 Å². The van der Waals surface area contributed by atoms with Gasteiger partial charge in [-0.15, -0.1) is 0 Å². The maximum Gasteiger partial charge on any atom is 0.312 e. The predicted molar refractivity (Wildman–Crippen MR) is 68.2 cm³/mol. The Morgan fingerprint density at radius 2 is 1.95 bits per heavy atom. The second kappa shape index (κ2) is 6.21. The smallest absolute Gasteiger partial charge is 0.312 e. The molecule has 0 radical (unpaired) electrons. The second-order valence-corrected chi connectivity index (χ2v) is 4.91. The fourth-order valence-electron chi connectivity index (χ4n) is 1.95. The molecule has 0 aromatic carbocycles. The minimum atomic E-state index is -0.913. The van der Waals surface area contributed by atoms with Gasteiger partial charge in [0.05, 0.1) is 5.92 Å². The van der Waals surface area contributed by atoms with E-state index in [0.717, 1.165) is 0 Å². The Labute approximate surface area is 111 Å². The summed E-state index contributed by atoms with van der Waals surface area (Å²) in [4.78, 5) is 33.6. The quantitative estimate of drug-likeness (QED) is 0.517. The van der Waals surface area contributed by atoms with Crippen molar-refractivity contribution in [2.24, 2.45) is 17.6 Å². The number of carbonyl (C=O) groups excluding carboxylic acids is 2. The molecule has 3 amide bonds. The van der Waals surface area contributed by atoms with E-state index in [9.17, 15) is 14.4 Å². The van der Waals surface area contributed by atoms with Crippen LogP contribution in [0.25, 0.3) is 0 Å². The topological polar surface area (TPSA) is 122 Å². The van der Waals surface area contributed by atoms with Crippen molar-refractivity contribution in [3.8, 4) is 0 Å². The number of urea groups is 1. The summed E-state index contributed by atoms with van der Waals surface area (Å²) in [5.41, 5.74) is 5.02. The summed E-state index contributed by atoms with van der Waals surface area (Å²) in [6.45, 7) is 3.56. The highest BCUT2D eigenvalue weighted by atomic mass is 16.4. The Kier molecular flexibility index (Phi) is 4.91. The van der Waals surface area contributed by atoms with E-state index in [2.05, 4.69) is 10.6 Å². The number of hydrogen-bond donors (Lipinski definition) is 4. The van der Waals surface area contributed by atoms with Crippen LogP contribution >= 0.6 is 0 Å². The molecule has 0 fully saturated rings. The Hall–Kier alpha value is -2.05. The number of rotatable bonds is 5. The van der Waals surface area contributed by atoms with Crippen molar-refractivity contribution in [2.75, 3.05) is 0 Å². The minimum Gasteiger partial charge on any atom is -0.481 e. The van der Waals surface area contributed by atoms with Crippen molar-refractivity contribution in [1.29, 1.82) is 0 Å². The average molecular weight is 269 g/mol. The van der Waals surface area contributed by atoms with E-state index in [0.29, 0.717) is 6.42 Å². The molecule has 19 heavy (non-hydrogen) atoms. The van der Waals surface area contributed by atoms with Crippen LogP contribution in [0, 0.1) is 11.8 Å². The van der Waals surface area contributed by atoms with Crippen LogP contribution in [0.3, 0.4) is 0 Å². The van der Waals surface area contributed by atoms with Crippen molar-refractivity contribution < 1.29 is 19.5 Å². The number of aliphatic carboxylic acids is 1. The lowest BCUT2D eigenvalue weighted by Crippen LogP contribution is -2.53. The summed E-state index contributed by atoms with van der Waals surface area (Å²) in [5, 5.41) is 13.9. The van der Waals surface area contributed by atoms with Crippen LogP contribution in [-0.2, 0) is 9.59 Å². The monoisotopic (exact) mass is 269 g/mol. The van der Waals surface area contributed by atoms with Gasteiger partial charge in [0.1, 0.15) is 6.04 Å². The number of nitrogens with two attached hydrogens (primary N) is 1. The molecule has 106 valence electrons. The van der Waals surface area contributed by atoms with Gasteiger partial charge in [0, 0.05) is 6.04 Å². The van der Waals surface area contributed by atoms with Gasteiger partial charge in [-0.05, 0) is 12.3 Å². The molecule has 5 N–H and O–H groups in total.